The fourth-order valence-electron chi connectivity index (χ4n) is 3.04. The first-order valence-electron chi connectivity index (χ1n) is 8.56. The van der Waals surface area contributed by atoms with E-state index in [0.29, 0.717) is 18.0 Å². The Morgan fingerprint density at radius 1 is 1.12 bits per heavy atom. The van der Waals surface area contributed by atoms with Crippen LogP contribution in [0.5, 0.6) is 0 Å². The molecule has 25 heavy (non-hydrogen) atoms. The van der Waals surface area contributed by atoms with Crippen LogP contribution in [0.2, 0.25) is 0 Å². The van der Waals surface area contributed by atoms with Gasteiger partial charge in [-0.1, -0.05) is 42.5 Å². The molecule has 2 aromatic rings. The zero-order valence-electron chi connectivity index (χ0n) is 14.6. The van der Waals surface area contributed by atoms with Crippen LogP contribution in [0.3, 0.4) is 0 Å². The predicted molar refractivity (Wildman–Crippen MR) is 97.8 cm³/mol. The average Bonchev–Trinajstić information content (AvgIpc) is 3.45. The molecule has 0 aliphatic heterocycles. The molecule has 0 amide bonds. The second kappa shape index (κ2) is 7.10. The lowest BCUT2D eigenvalue weighted by Crippen LogP contribution is -2.39. The van der Waals surface area contributed by atoms with Crippen LogP contribution in [0.15, 0.2) is 59.5 Å². The molecule has 0 spiro atoms. The summed E-state index contributed by atoms with van der Waals surface area (Å²) in [6.45, 7) is 3.76. The number of nitrogens with zero attached hydrogens (tertiary/aromatic N) is 1. The van der Waals surface area contributed by atoms with Crippen LogP contribution in [0, 0.1) is 5.92 Å². The molecule has 0 radical (unpaired) electrons. The summed E-state index contributed by atoms with van der Waals surface area (Å²) in [5.74, 6) is 0.274. The van der Waals surface area contributed by atoms with Crippen molar-refractivity contribution in [1.29, 1.82) is 0 Å². The molecule has 0 saturated heterocycles. The molecule has 3 rings (SSSR count). The van der Waals surface area contributed by atoms with Crippen molar-refractivity contribution in [3.8, 4) is 0 Å². The highest BCUT2D eigenvalue weighted by Gasteiger charge is 2.38. The van der Waals surface area contributed by atoms with Crippen LogP contribution in [-0.2, 0) is 16.6 Å². The lowest BCUT2D eigenvalue weighted by molar-refractivity contribution is 0.101. The summed E-state index contributed by atoms with van der Waals surface area (Å²) in [5.41, 5.74) is 1.38. The number of benzene rings is 2. The summed E-state index contributed by atoms with van der Waals surface area (Å²) in [5, 5.41) is 0. The van der Waals surface area contributed by atoms with Crippen molar-refractivity contribution in [3.05, 3.63) is 65.7 Å². The molecule has 1 saturated carbocycles. The van der Waals surface area contributed by atoms with E-state index in [1.165, 1.54) is 13.0 Å². The van der Waals surface area contributed by atoms with Gasteiger partial charge in [0.05, 0.1) is 4.90 Å². The second-order valence-corrected chi connectivity index (χ2v) is 8.59. The van der Waals surface area contributed by atoms with Gasteiger partial charge in [0.2, 0.25) is 10.0 Å². The van der Waals surface area contributed by atoms with Crippen LogP contribution in [0.1, 0.15) is 42.6 Å². The molecule has 1 atom stereocenters. The second-order valence-electron chi connectivity index (χ2n) is 6.70. The molecule has 0 heterocycles. The SMILES string of the molecule is CC(=O)c1cccc(S(=O)(=O)N(Cc2ccccc2)[C@@H](C)C2CC2)c1. The third-order valence-electron chi connectivity index (χ3n) is 4.79. The van der Waals surface area contributed by atoms with Crippen LogP contribution < -0.4 is 0 Å². The minimum atomic E-state index is -3.68. The Bertz CT molecular complexity index is 858. The van der Waals surface area contributed by atoms with Gasteiger partial charge >= 0.3 is 0 Å². The normalized spacial score (nSPS) is 16.0. The van der Waals surface area contributed by atoms with Crippen LogP contribution in [0.4, 0.5) is 0 Å². The summed E-state index contributed by atoms with van der Waals surface area (Å²) >= 11 is 0. The quantitative estimate of drug-likeness (QED) is 0.707. The maximum Gasteiger partial charge on any atom is 0.243 e. The van der Waals surface area contributed by atoms with Crippen LogP contribution >= 0.6 is 0 Å². The fraction of sp³-hybridized carbons (Fsp3) is 0.350. The number of Topliss-reactive ketones (excluding diaryl/α,β-unsaturated/α-hetero) is 1. The molecule has 0 N–H and O–H groups in total. The van der Waals surface area contributed by atoms with Gasteiger partial charge in [0.25, 0.3) is 0 Å². The molecular weight excluding hydrogens is 334 g/mol. The van der Waals surface area contributed by atoms with Crippen molar-refractivity contribution in [2.45, 2.75) is 44.2 Å². The van der Waals surface area contributed by atoms with Gasteiger partial charge in [-0.05, 0) is 50.3 Å². The van der Waals surface area contributed by atoms with Crippen molar-refractivity contribution in [1.82, 2.24) is 4.31 Å². The van der Waals surface area contributed by atoms with Gasteiger partial charge < -0.3 is 0 Å². The van der Waals surface area contributed by atoms with Crippen molar-refractivity contribution < 1.29 is 13.2 Å². The summed E-state index contributed by atoms with van der Waals surface area (Å²) in [4.78, 5) is 11.8. The van der Waals surface area contributed by atoms with E-state index in [-0.39, 0.29) is 16.7 Å². The van der Waals surface area contributed by atoms with Crippen LogP contribution in [0.25, 0.3) is 0 Å². The summed E-state index contributed by atoms with van der Waals surface area (Å²) in [6, 6.07) is 15.9. The highest BCUT2D eigenvalue weighted by Crippen LogP contribution is 2.37. The van der Waals surface area contributed by atoms with Crippen molar-refractivity contribution in [3.63, 3.8) is 0 Å². The zero-order chi connectivity index (χ0) is 18.0. The molecule has 0 aromatic heterocycles. The summed E-state index contributed by atoms with van der Waals surface area (Å²) in [7, 11) is -3.68. The lowest BCUT2D eigenvalue weighted by atomic mass is 10.1. The van der Waals surface area contributed by atoms with Crippen molar-refractivity contribution >= 4 is 15.8 Å². The molecule has 4 nitrogen and oxygen atoms in total. The number of carbonyl (C=O) groups excluding carboxylic acids is 1. The first-order chi connectivity index (χ1) is 11.9. The third kappa shape index (κ3) is 3.99. The van der Waals surface area contributed by atoms with E-state index in [2.05, 4.69) is 0 Å². The van der Waals surface area contributed by atoms with Crippen LogP contribution in [-0.4, -0.2) is 24.5 Å². The number of hydrogen-bond acceptors (Lipinski definition) is 3. The van der Waals surface area contributed by atoms with E-state index >= 15 is 0 Å². The zero-order valence-corrected chi connectivity index (χ0v) is 15.4. The number of sulfonamides is 1. The fourth-order valence-corrected chi connectivity index (χ4v) is 4.76. The Labute approximate surface area is 149 Å². The smallest absolute Gasteiger partial charge is 0.243 e. The van der Waals surface area contributed by atoms with Gasteiger partial charge in [-0.2, -0.15) is 4.31 Å². The van der Waals surface area contributed by atoms with Crippen molar-refractivity contribution in [2.24, 2.45) is 5.92 Å². The third-order valence-corrected chi connectivity index (χ3v) is 6.72. The summed E-state index contributed by atoms with van der Waals surface area (Å²) < 4.78 is 28.2. The molecule has 0 unspecified atom stereocenters. The largest absolute Gasteiger partial charge is 0.295 e. The minimum absolute atomic E-state index is 0.0637. The Morgan fingerprint density at radius 2 is 1.80 bits per heavy atom. The number of hydrogen-bond donors (Lipinski definition) is 0. The first kappa shape index (κ1) is 17.8. The number of ketones is 1. The number of rotatable bonds is 7. The van der Waals surface area contributed by atoms with E-state index in [9.17, 15) is 13.2 Å². The van der Waals surface area contributed by atoms with Gasteiger partial charge in [-0.25, -0.2) is 8.42 Å². The highest BCUT2D eigenvalue weighted by molar-refractivity contribution is 7.89. The van der Waals surface area contributed by atoms with Crippen molar-refractivity contribution in [2.75, 3.05) is 0 Å². The molecule has 2 aromatic carbocycles. The van der Waals surface area contributed by atoms with E-state index in [1.54, 1.807) is 22.5 Å². The molecule has 1 aliphatic rings. The molecule has 1 fully saturated rings. The Balaban J connectivity index is 1.98. The first-order valence-corrected chi connectivity index (χ1v) is 10.0. The van der Waals surface area contributed by atoms with Gasteiger partial charge in [-0.3, -0.25) is 4.79 Å². The van der Waals surface area contributed by atoms with E-state index < -0.39 is 10.0 Å². The monoisotopic (exact) mass is 357 g/mol. The maximum atomic E-state index is 13.3. The van der Waals surface area contributed by atoms with E-state index in [4.69, 9.17) is 0 Å². The molecule has 132 valence electrons. The average molecular weight is 357 g/mol. The Morgan fingerprint density at radius 3 is 2.40 bits per heavy atom. The summed E-state index contributed by atoms with van der Waals surface area (Å²) in [6.07, 6.45) is 2.13. The van der Waals surface area contributed by atoms with E-state index in [0.717, 1.165) is 18.4 Å². The highest BCUT2D eigenvalue weighted by atomic mass is 32.2. The predicted octanol–water partition coefficient (Wildman–Crippen LogP) is 3.88. The lowest BCUT2D eigenvalue weighted by Gasteiger charge is -2.28. The minimum Gasteiger partial charge on any atom is -0.295 e. The van der Waals surface area contributed by atoms with Gasteiger partial charge in [0, 0.05) is 18.2 Å². The number of carbonyl (C=O) groups is 1. The van der Waals surface area contributed by atoms with E-state index in [1.807, 2.05) is 37.3 Å². The Kier molecular flexibility index (Phi) is 5.06. The van der Waals surface area contributed by atoms with Gasteiger partial charge in [0.15, 0.2) is 5.78 Å². The van der Waals surface area contributed by atoms with Gasteiger partial charge in [-0.15, -0.1) is 0 Å². The molecule has 5 heteroatoms. The molecule has 1 aliphatic carbocycles. The molecule has 0 bridgehead atoms. The maximum absolute atomic E-state index is 13.3. The van der Waals surface area contributed by atoms with Gasteiger partial charge in [0.1, 0.15) is 0 Å². The molecular formula is C20H23NO3S. The Hall–Kier alpha value is -1.98. The standard InChI is InChI=1S/C20H23NO3S/c1-15(18-11-12-18)21(14-17-7-4-3-5-8-17)25(23,24)20-10-6-9-19(13-20)16(2)22/h3-10,13,15,18H,11-12,14H2,1-2H3/t15-/m0/s1. The topological polar surface area (TPSA) is 54.5 Å².